The minimum absolute atomic E-state index is 0.189. The van der Waals surface area contributed by atoms with Crippen molar-refractivity contribution in [3.05, 3.63) is 28.8 Å². The Kier molecular flexibility index (Phi) is 7.60. The van der Waals surface area contributed by atoms with Crippen LogP contribution in [-0.4, -0.2) is 85.2 Å². The number of hydrogen-bond donors (Lipinski definition) is 1. The molecule has 1 aromatic carbocycles. The van der Waals surface area contributed by atoms with Gasteiger partial charge >= 0.3 is 6.09 Å². The number of hydrogen-bond acceptors (Lipinski definition) is 6. The van der Waals surface area contributed by atoms with Crippen molar-refractivity contribution in [2.45, 2.75) is 52.2 Å². The first-order valence-electron chi connectivity index (χ1n) is 11.0. The van der Waals surface area contributed by atoms with Gasteiger partial charge in [0.2, 0.25) is 0 Å². The minimum Gasteiger partial charge on any atom is -0.490 e. The van der Waals surface area contributed by atoms with Gasteiger partial charge in [-0.25, -0.2) is 4.79 Å². The van der Waals surface area contributed by atoms with Crippen LogP contribution < -0.4 is 4.74 Å². The number of aryl methyl sites for hydroxylation is 2. The monoisotopic (exact) mass is 420 g/mol. The van der Waals surface area contributed by atoms with Crippen LogP contribution in [0.3, 0.4) is 0 Å². The van der Waals surface area contributed by atoms with Crippen molar-refractivity contribution < 1.29 is 24.1 Å². The number of carbonyl (C=O) groups excluding carboxylic acids is 1. The molecule has 0 aliphatic carbocycles. The number of carbonyl (C=O) groups is 1. The Labute approximate surface area is 179 Å². The lowest BCUT2D eigenvalue weighted by Gasteiger charge is -2.40. The number of nitrogens with zero attached hydrogens (tertiary/aromatic N) is 2. The highest BCUT2D eigenvalue weighted by Gasteiger charge is 2.37. The lowest BCUT2D eigenvalue weighted by atomic mass is 9.99. The molecule has 0 spiro atoms. The maximum Gasteiger partial charge on any atom is 0.409 e. The fourth-order valence-corrected chi connectivity index (χ4v) is 4.34. The molecule has 2 aliphatic rings. The Morgan fingerprint density at radius 1 is 1.23 bits per heavy atom. The molecule has 2 saturated heterocycles. The predicted molar refractivity (Wildman–Crippen MR) is 115 cm³/mol. The lowest BCUT2D eigenvalue weighted by Crippen LogP contribution is -2.54. The van der Waals surface area contributed by atoms with Crippen molar-refractivity contribution in [2.24, 2.45) is 0 Å². The first-order chi connectivity index (χ1) is 14.3. The van der Waals surface area contributed by atoms with E-state index < -0.39 is 5.60 Å². The molecule has 7 heteroatoms. The van der Waals surface area contributed by atoms with Gasteiger partial charge in [-0.05, 0) is 63.3 Å². The molecule has 1 N–H and O–H groups in total. The fraction of sp³-hybridized carbons (Fsp3) is 0.696. The molecule has 2 heterocycles. The highest BCUT2D eigenvalue weighted by molar-refractivity contribution is 5.67. The van der Waals surface area contributed by atoms with E-state index in [2.05, 4.69) is 17.9 Å². The van der Waals surface area contributed by atoms with Gasteiger partial charge in [0.05, 0.1) is 19.8 Å². The topological polar surface area (TPSA) is 71.5 Å². The van der Waals surface area contributed by atoms with Crippen LogP contribution in [0.25, 0.3) is 0 Å². The minimum atomic E-state index is -1.07. The summed E-state index contributed by atoms with van der Waals surface area (Å²) in [6.07, 6.45) is 1.50. The summed E-state index contributed by atoms with van der Waals surface area (Å²) in [5, 5.41) is 11.3. The summed E-state index contributed by atoms with van der Waals surface area (Å²) < 4.78 is 16.9. The number of piperidine rings is 1. The standard InChI is InChI=1S/C23H36N2O5/c1-5-29-22(26)24-8-6-20(7-9-24)25-10-11-28-15-23(27,14-25)16-30-21-13-17(2)12-18(3)19(21)4/h12-13,20,27H,5-11,14-16H2,1-4H3/t23-/m0/s1. The second-order valence-corrected chi connectivity index (χ2v) is 8.66. The third kappa shape index (κ3) is 5.65. The number of benzene rings is 1. The van der Waals surface area contributed by atoms with Crippen LogP contribution in [-0.2, 0) is 9.47 Å². The first-order valence-corrected chi connectivity index (χ1v) is 11.0. The number of rotatable bonds is 5. The third-order valence-corrected chi connectivity index (χ3v) is 6.16. The molecule has 0 radical (unpaired) electrons. The number of β-amino-alcohol motifs (C(OH)–C–C–N with tert-alkyl or cyclic N) is 1. The molecule has 1 aromatic rings. The second kappa shape index (κ2) is 9.98. The van der Waals surface area contributed by atoms with E-state index in [1.807, 2.05) is 26.8 Å². The molecule has 2 fully saturated rings. The maximum atomic E-state index is 11.9. The molecule has 3 rings (SSSR count). The molecule has 0 aromatic heterocycles. The van der Waals surface area contributed by atoms with E-state index in [9.17, 15) is 9.90 Å². The maximum absolute atomic E-state index is 11.9. The summed E-state index contributed by atoms with van der Waals surface area (Å²) in [6, 6.07) is 4.47. The van der Waals surface area contributed by atoms with Crippen LogP contribution in [0.2, 0.25) is 0 Å². The fourth-order valence-electron chi connectivity index (χ4n) is 4.34. The largest absolute Gasteiger partial charge is 0.490 e. The Hall–Kier alpha value is -1.83. The second-order valence-electron chi connectivity index (χ2n) is 8.66. The summed E-state index contributed by atoms with van der Waals surface area (Å²) in [4.78, 5) is 16.0. The van der Waals surface area contributed by atoms with Crippen LogP contribution in [0.1, 0.15) is 36.5 Å². The Balaban J connectivity index is 1.60. The average molecular weight is 421 g/mol. The lowest BCUT2D eigenvalue weighted by molar-refractivity contribution is -0.0689. The van der Waals surface area contributed by atoms with Crippen molar-refractivity contribution >= 4 is 6.09 Å². The van der Waals surface area contributed by atoms with Crippen LogP contribution in [0.5, 0.6) is 5.75 Å². The SMILES string of the molecule is CCOC(=O)N1CCC(N2CCOC[C@](O)(COc3cc(C)cc(C)c3C)C2)CC1. The molecule has 1 atom stereocenters. The quantitative estimate of drug-likeness (QED) is 0.790. The van der Waals surface area contributed by atoms with Crippen molar-refractivity contribution in [2.75, 3.05) is 52.6 Å². The summed E-state index contributed by atoms with van der Waals surface area (Å²) in [5.41, 5.74) is 2.36. The predicted octanol–water partition coefficient (Wildman–Crippen LogP) is 2.67. The van der Waals surface area contributed by atoms with Crippen molar-refractivity contribution in [1.29, 1.82) is 0 Å². The van der Waals surface area contributed by atoms with Gasteiger partial charge < -0.3 is 24.2 Å². The summed E-state index contributed by atoms with van der Waals surface area (Å²) in [6.45, 7) is 12.1. The van der Waals surface area contributed by atoms with E-state index in [4.69, 9.17) is 14.2 Å². The number of ether oxygens (including phenoxy) is 3. The van der Waals surface area contributed by atoms with E-state index in [1.165, 1.54) is 5.56 Å². The van der Waals surface area contributed by atoms with Crippen LogP contribution in [0.15, 0.2) is 12.1 Å². The molecule has 2 aliphatic heterocycles. The molecule has 168 valence electrons. The van der Waals surface area contributed by atoms with Gasteiger partial charge in [0.25, 0.3) is 0 Å². The summed E-state index contributed by atoms with van der Waals surface area (Å²) in [7, 11) is 0. The van der Waals surface area contributed by atoms with E-state index in [0.717, 1.165) is 36.3 Å². The molecular weight excluding hydrogens is 384 g/mol. The molecule has 0 bridgehead atoms. The normalized spacial score (nSPS) is 23.8. The van der Waals surface area contributed by atoms with Crippen molar-refractivity contribution in [3.8, 4) is 5.75 Å². The third-order valence-electron chi connectivity index (χ3n) is 6.16. The van der Waals surface area contributed by atoms with E-state index in [-0.39, 0.29) is 19.3 Å². The van der Waals surface area contributed by atoms with Gasteiger partial charge in [-0.15, -0.1) is 0 Å². The Morgan fingerprint density at radius 2 is 1.97 bits per heavy atom. The first kappa shape index (κ1) is 22.8. The Morgan fingerprint density at radius 3 is 2.67 bits per heavy atom. The van der Waals surface area contributed by atoms with Crippen molar-refractivity contribution in [3.63, 3.8) is 0 Å². The van der Waals surface area contributed by atoms with E-state index in [1.54, 1.807) is 4.90 Å². The van der Waals surface area contributed by atoms with E-state index in [0.29, 0.717) is 38.9 Å². The molecule has 0 unspecified atom stereocenters. The van der Waals surface area contributed by atoms with Gasteiger partial charge in [-0.1, -0.05) is 6.07 Å². The molecule has 7 nitrogen and oxygen atoms in total. The van der Waals surface area contributed by atoms with Crippen LogP contribution in [0, 0.1) is 20.8 Å². The van der Waals surface area contributed by atoms with Gasteiger partial charge in [0.15, 0.2) is 0 Å². The number of likely N-dealkylation sites (tertiary alicyclic amines) is 1. The smallest absolute Gasteiger partial charge is 0.409 e. The van der Waals surface area contributed by atoms with Gasteiger partial charge in [-0.2, -0.15) is 0 Å². The van der Waals surface area contributed by atoms with E-state index >= 15 is 0 Å². The summed E-state index contributed by atoms with van der Waals surface area (Å²) in [5.74, 6) is 0.819. The zero-order valence-corrected chi connectivity index (χ0v) is 18.8. The zero-order chi connectivity index (χ0) is 21.7. The highest BCUT2D eigenvalue weighted by Crippen LogP contribution is 2.26. The van der Waals surface area contributed by atoms with Crippen LogP contribution in [0.4, 0.5) is 4.79 Å². The van der Waals surface area contributed by atoms with Crippen molar-refractivity contribution in [1.82, 2.24) is 9.80 Å². The molecular formula is C23H36N2O5. The zero-order valence-electron chi connectivity index (χ0n) is 18.8. The molecule has 1 amide bonds. The number of aliphatic hydroxyl groups is 1. The van der Waals surface area contributed by atoms with Gasteiger partial charge in [-0.3, -0.25) is 4.90 Å². The van der Waals surface area contributed by atoms with Crippen LogP contribution >= 0.6 is 0 Å². The molecule has 30 heavy (non-hydrogen) atoms. The summed E-state index contributed by atoms with van der Waals surface area (Å²) >= 11 is 0. The molecule has 0 saturated carbocycles. The van der Waals surface area contributed by atoms with Gasteiger partial charge in [0.1, 0.15) is 18.0 Å². The highest BCUT2D eigenvalue weighted by atomic mass is 16.6. The van der Waals surface area contributed by atoms with Gasteiger partial charge in [0, 0.05) is 32.2 Å². The Bertz CT molecular complexity index is 733. The average Bonchev–Trinajstić information content (AvgIpc) is 2.92. The number of amides is 1.